The minimum atomic E-state index is -0.949. The zero-order valence-electron chi connectivity index (χ0n) is 13.7. The van der Waals surface area contributed by atoms with E-state index in [1.54, 1.807) is 18.2 Å². The highest BCUT2D eigenvalue weighted by Gasteiger charge is 2.20. The Labute approximate surface area is 144 Å². The van der Waals surface area contributed by atoms with Crippen LogP contribution in [0.5, 0.6) is 11.5 Å². The van der Waals surface area contributed by atoms with Gasteiger partial charge in [-0.3, -0.25) is 9.59 Å². The number of carbonyl (C=O) groups is 2. The molecule has 1 aliphatic rings. The molecule has 0 bridgehead atoms. The molecule has 0 aromatic heterocycles. The molecule has 0 saturated carbocycles. The van der Waals surface area contributed by atoms with Crippen molar-refractivity contribution in [3.8, 4) is 11.5 Å². The van der Waals surface area contributed by atoms with Crippen molar-refractivity contribution in [1.29, 1.82) is 0 Å². The largest absolute Gasteiger partial charge is 0.486 e. The average molecular weight is 344 g/mol. The van der Waals surface area contributed by atoms with E-state index in [0.717, 1.165) is 0 Å². The number of halogens is 1. The lowest BCUT2D eigenvalue weighted by Crippen LogP contribution is -2.25. The first-order valence-corrected chi connectivity index (χ1v) is 7.91. The quantitative estimate of drug-likeness (QED) is 0.616. The molecule has 0 spiro atoms. The van der Waals surface area contributed by atoms with Crippen LogP contribution in [-0.2, 0) is 16.0 Å². The molecular weight excluding hydrogens is 327 g/mol. The van der Waals surface area contributed by atoms with Gasteiger partial charge in [0.15, 0.2) is 17.6 Å². The van der Waals surface area contributed by atoms with Gasteiger partial charge in [-0.05, 0) is 48.9 Å². The summed E-state index contributed by atoms with van der Waals surface area (Å²) in [6.45, 7) is 2.45. The fraction of sp³-hybridized carbons (Fsp3) is 0.263. The summed E-state index contributed by atoms with van der Waals surface area (Å²) < 4.78 is 29.0. The Morgan fingerprint density at radius 3 is 2.48 bits per heavy atom. The van der Waals surface area contributed by atoms with Crippen LogP contribution in [0.1, 0.15) is 22.8 Å². The Balaban J connectivity index is 1.60. The number of benzene rings is 2. The lowest BCUT2D eigenvalue weighted by molar-refractivity contribution is -0.145. The molecule has 3 rings (SSSR count). The van der Waals surface area contributed by atoms with E-state index in [2.05, 4.69) is 0 Å². The predicted octanol–water partition coefficient (Wildman–Crippen LogP) is 2.95. The molecule has 0 aliphatic carbocycles. The number of fused-ring (bicyclic) bond motifs is 1. The smallest absolute Gasteiger partial charge is 0.310 e. The van der Waals surface area contributed by atoms with Crippen LogP contribution in [0.2, 0.25) is 0 Å². The molecule has 2 aromatic rings. The molecule has 25 heavy (non-hydrogen) atoms. The minimum Gasteiger partial charge on any atom is -0.486 e. The highest BCUT2D eigenvalue weighted by molar-refractivity contribution is 6.00. The first-order valence-electron chi connectivity index (χ1n) is 7.91. The molecule has 1 unspecified atom stereocenters. The second-order valence-corrected chi connectivity index (χ2v) is 5.66. The fourth-order valence-corrected chi connectivity index (χ4v) is 2.51. The maximum Gasteiger partial charge on any atom is 0.310 e. The normalized spacial score (nSPS) is 13.8. The number of ketones is 1. The van der Waals surface area contributed by atoms with Gasteiger partial charge in [-0.1, -0.05) is 6.07 Å². The first kappa shape index (κ1) is 17.0. The lowest BCUT2D eigenvalue weighted by Gasteiger charge is -2.19. The summed E-state index contributed by atoms with van der Waals surface area (Å²) in [5.74, 6) is -0.106. The summed E-state index contributed by atoms with van der Waals surface area (Å²) in [6.07, 6.45) is -0.937. The van der Waals surface area contributed by atoms with Crippen molar-refractivity contribution >= 4 is 11.8 Å². The van der Waals surface area contributed by atoms with Gasteiger partial charge in [-0.25, -0.2) is 4.39 Å². The monoisotopic (exact) mass is 344 g/mol. The average Bonchev–Trinajstić information content (AvgIpc) is 2.61. The Morgan fingerprint density at radius 1 is 1.08 bits per heavy atom. The molecule has 130 valence electrons. The Hall–Kier alpha value is -2.89. The van der Waals surface area contributed by atoms with Gasteiger partial charge in [-0.15, -0.1) is 0 Å². The van der Waals surface area contributed by atoms with E-state index in [-0.39, 0.29) is 12.2 Å². The molecule has 1 heterocycles. The van der Waals surface area contributed by atoms with Gasteiger partial charge in [0.05, 0.1) is 6.42 Å². The number of carbonyl (C=O) groups excluding carboxylic acids is 2. The molecule has 0 fully saturated rings. The molecule has 0 N–H and O–H groups in total. The third kappa shape index (κ3) is 4.15. The molecular formula is C19H17FO5. The van der Waals surface area contributed by atoms with Gasteiger partial charge in [0.2, 0.25) is 5.78 Å². The van der Waals surface area contributed by atoms with Crippen molar-refractivity contribution < 1.29 is 28.2 Å². The summed E-state index contributed by atoms with van der Waals surface area (Å²) >= 11 is 0. The Kier molecular flexibility index (Phi) is 4.97. The number of ether oxygens (including phenoxy) is 3. The summed E-state index contributed by atoms with van der Waals surface area (Å²) in [5.41, 5.74) is 0.997. The fourth-order valence-electron chi connectivity index (χ4n) is 2.51. The van der Waals surface area contributed by atoms with E-state index in [0.29, 0.717) is 35.8 Å². The number of hydrogen-bond acceptors (Lipinski definition) is 5. The zero-order chi connectivity index (χ0) is 17.8. The molecule has 6 heteroatoms. The summed E-state index contributed by atoms with van der Waals surface area (Å²) in [6, 6.07) is 10.3. The molecule has 1 aliphatic heterocycles. The maximum absolute atomic E-state index is 12.9. The van der Waals surface area contributed by atoms with E-state index in [1.807, 2.05) is 0 Å². The van der Waals surface area contributed by atoms with E-state index in [9.17, 15) is 14.0 Å². The van der Waals surface area contributed by atoms with Crippen molar-refractivity contribution in [3.05, 3.63) is 59.4 Å². The van der Waals surface area contributed by atoms with Crippen LogP contribution in [0.4, 0.5) is 4.39 Å². The van der Waals surface area contributed by atoms with E-state index >= 15 is 0 Å². The third-order valence-electron chi connectivity index (χ3n) is 3.76. The van der Waals surface area contributed by atoms with Crippen LogP contribution < -0.4 is 9.47 Å². The van der Waals surface area contributed by atoms with Gasteiger partial charge in [-0.2, -0.15) is 0 Å². The molecule has 5 nitrogen and oxygen atoms in total. The summed E-state index contributed by atoms with van der Waals surface area (Å²) in [4.78, 5) is 24.3. The number of rotatable bonds is 5. The molecule has 0 amide bonds. The SMILES string of the molecule is CC(OC(=O)Cc1ccc2c(c1)OCCO2)C(=O)c1ccc(F)cc1. The Bertz CT molecular complexity index is 785. The minimum absolute atomic E-state index is 0.0116. The lowest BCUT2D eigenvalue weighted by atomic mass is 10.1. The summed E-state index contributed by atoms with van der Waals surface area (Å²) in [7, 11) is 0. The molecule has 0 radical (unpaired) electrons. The van der Waals surface area contributed by atoms with Gasteiger partial charge in [0.25, 0.3) is 0 Å². The molecule has 2 aromatic carbocycles. The topological polar surface area (TPSA) is 61.8 Å². The van der Waals surface area contributed by atoms with Crippen LogP contribution in [0.25, 0.3) is 0 Å². The standard InChI is InChI=1S/C19H17FO5/c1-12(19(22)14-3-5-15(20)6-4-14)25-18(21)11-13-2-7-16-17(10-13)24-9-8-23-16/h2-7,10,12H,8-9,11H2,1H3. The summed E-state index contributed by atoms with van der Waals surface area (Å²) in [5, 5.41) is 0. The van der Waals surface area contributed by atoms with Crippen molar-refractivity contribution in [2.75, 3.05) is 13.2 Å². The second kappa shape index (κ2) is 7.34. The first-order chi connectivity index (χ1) is 12.0. The van der Waals surface area contributed by atoms with Crippen LogP contribution in [-0.4, -0.2) is 31.1 Å². The number of hydrogen-bond donors (Lipinski definition) is 0. The highest BCUT2D eigenvalue weighted by atomic mass is 19.1. The van der Waals surface area contributed by atoms with Crippen LogP contribution in [0.15, 0.2) is 42.5 Å². The van der Waals surface area contributed by atoms with Crippen molar-refractivity contribution in [3.63, 3.8) is 0 Å². The number of esters is 1. The Morgan fingerprint density at radius 2 is 1.76 bits per heavy atom. The third-order valence-corrected chi connectivity index (χ3v) is 3.76. The van der Waals surface area contributed by atoms with Crippen molar-refractivity contribution in [2.24, 2.45) is 0 Å². The van der Waals surface area contributed by atoms with Crippen LogP contribution in [0.3, 0.4) is 0 Å². The van der Waals surface area contributed by atoms with Crippen LogP contribution >= 0.6 is 0 Å². The van der Waals surface area contributed by atoms with E-state index in [4.69, 9.17) is 14.2 Å². The highest BCUT2D eigenvalue weighted by Crippen LogP contribution is 2.30. The zero-order valence-corrected chi connectivity index (χ0v) is 13.7. The van der Waals surface area contributed by atoms with Gasteiger partial charge in [0.1, 0.15) is 19.0 Å². The van der Waals surface area contributed by atoms with Gasteiger partial charge < -0.3 is 14.2 Å². The van der Waals surface area contributed by atoms with Gasteiger partial charge >= 0.3 is 5.97 Å². The predicted molar refractivity (Wildman–Crippen MR) is 87.4 cm³/mol. The molecule has 0 saturated heterocycles. The van der Waals surface area contributed by atoms with Crippen LogP contribution in [0, 0.1) is 5.82 Å². The van der Waals surface area contributed by atoms with Crippen molar-refractivity contribution in [2.45, 2.75) is 19.4 Å². The van der Waals surface area contributed by atoms with Gasteiger partial charge in [0, 0.05) is 5.56 Å². The molecule has 1 atom stereocenters. The number of Topliss-reactive ketones (excluding diaryl/α,β-unsaturated/α-hetero) is 1. The van der Waals surface area contributed by atoms with E-state index in [1.165, 1.54) is 31.2 Å². The maximum atomic E-state index is 12.9. The van der Waals surface area contributed by atoms with Crippen molar-refractivity contribution in [1.82, 2.24) is 0 Å². The van der Waals surface area contributed by atoms with E-state index < -0.39 is 17.9 Å². The second-order valence-electron chi connectivity index (χ2n) is 5.66.